The van der Waals surface area contributed by atoms with E-state index in [9.17, 15) is 4.79 Å². The van der Waals surface area contributed by atoms with Crippen molar-refractivity contribution in [2.75, 3.05) is 7.05 Å². The lowest BCUT2D eigenvalue weighted by molar-refractivity contribution is 0.0937. The zero-order valence-corrected chi connectivity index (χ0v) is 19.4. The highest BCUT2D eigenvalue weighted by Gasteiger charge is 2.24. The van der Waals surface area contributed by atoms with Crippen LogP contribution in [0.2, 0.25) is 5.02 Å². The predicted octanol–water partition coefficient (Wildman–Crippen LogP) is 2.52. The Kier molecular flexibility index (Phi) is 7.34. The molecule has 0 unspecified atom stereocenters. The van der Waals surface area contributed by atoms with Crippen molar-refractivity contribution in [3.05, 3.63) is 59.1 Å². The molecule has 0 spiro atoms. The van der Waals surface area contributed by atoms with Crippen LogP contribution >= 0.6 is 11.6 Å². The molecule has 12 heteroatoms. The van der Waals surface area contributed by atoms with Gasteiger partial charge in [0.05, 0.1) is 0 Å². The van der Waals surface area contributed by atoms with E-state index in [-0.39, 0.29) is 29.6 Å². The summed E-state index contributed by atoms with van der Waals surface area (Å²) < 4.78 is 5.15. The first-order valence-corrected chi connectivity index (χ1v) is 10.3. The number of nitrogens with two attached hydrogens (primary N) is 1. The molecule has 2 aromatic heterocycles. The Balaban J connectivity index is 1.70. The summed E-state index contributed by atoms with van der Waals surface area (Å²) in [5.41, 5.74) is 6.81. The second kappa shape index (κ2) is 10.2. The third kappa shape index (κ3) is 6.32. The van der Waals surface area contributed by atoms with Crippen molar-refractivity contribution >= 4 is 29.3 Å². The van der Waals surface area contributed by atoms with Crippen LogP contribution in [0.1, 0.15) is 42.8 Å². The number of nitrogens with zero attached hydrogens (tertiary/aromatic N) is 6. The second-order valence-corrected chi connectivity index (χ2v) is 8.34. The summed E-state index contributed by atoms with van der Waals surface area (Å²) in [6.07, 6.45) is 4.57. The number of carbonyl (C=O) groups excluding carboxylic acids is 1. The van der Waals surface area contributed by atoms with Gasteiger partial charge in [-0.15, -0.1) is 0 Å². The van der Waals surface area contributed by atoms with Gasteiger partial charge in [-0.3, -0.25) is 4.79 Å². The molecule has 0 fully saturated rings. The molecule has 0 saturated heterocycles. The van der Waals surface area contributed by atoms with Gasteiger partial charge in [0.2, 0.25) is 5.89 Å². The quantitative estimate of drug-likeness (QED) is 0.349. The van der Waals surface area contributed by atoms with Crippen molar-refractivity contribution < 1.29 is 9.32 Å². The summed E-state index contributed by atoms with van der Waals surface area (Å²) >= 11 is 6.42. The van der Waals surface area contributed by atoms with Crippen molar-refractivity contribution in [1.29, 1.82) is 0 Å². The summed E-state index contributed by atoms with van der Waals surface area (Å²) in [5.74, 6) is 0.681. The van der Waals surface area contributed by atoms with E-state index >= 15 is 0 Å². The van der Waals surface area contributed by atoms with Gasteiger partial charge in [-0.2, -0.15) is 19.9 Å². The van der Waals surface area contributed by atoms with Gasteiger partial charge in [0.15, 0.2) is 5.82 Å². The highest BCUT2D eigenvalue weighted by molar-refractivity contribution is 6.31. The van der Waals surface area contributed by atoms with Crippen molar-refractivity contribution in [3.63, 3.8) is 0 Å². The number of nitrogens with one attached hydrogen (secondary N) is 2. The molecular formula is C21H24ClN9O2. The van der Waals surface area contributed by atoms with E-state index in [0.29, 0.717) is 27.9 Å². The fraction of sp³-hybridized carbons (Fsp3) is 0.286. The normalized spacial score (nSPS) is 12.2. The van der Waals surface area contributed by atoms with Crippen LogP contribution in [0.25, 0.3) is 11.4 Å². The van der Waals surface area contributed by atoms with E-state index in [1.165, 1.54) is 6.33 Å². The van der Waals surface area contributed by atoms with Gasteiger partial charge in [0.1, 0.15) is 12.2 Å². The van der Waals surface area contributed by atoms with Crippen LogP contribution in [0.4, 0.5) is 5.95 Å². The Morgan fingerprint density at radius 1 is 1.27 bits per heavy atom. The van der Waals surface area contributed by atoms with E-state index in [0.717, 1.165) is 0 Å². The molecule has 0 atom stereocenters. The number of hydrogen-bond acceptors (Lipinski definition) is 9. The highest BCUT2D eigenvalue weighted by Crippen LogP contribution is 2.24. The number of hydrogen-bond donors (Lipinski definition) is 3. The molecule has 0 aliphatic rings. The third-order valence-electron chi connectivity index (χ3n) is 4.23. The fourth-order valence-corrected chi connectivity index (χ4v) is 2.75. The van der Waals surface area contributed by atoms with Crippen molar-refractivity contribution in [2.45, 2.75) is 32.7 Å². The molecule has 1 aromatic carbocycles. The largest absolute Gasteiger partial charge is 0.394 e. The molecule has 0 aliphatic heterocycles. The molecule has 0 saturated carbocycles. The van der Waals surface area contributed by atoms with Crippen LogP contribution in [0, 0.1) is 0 Å². The van der Waals surface area contributed by atoms with Crippen LogP contribution in [-0.2, 0) is 12.0 Å². The minimum absolute atomic E-state index is 0.0326. The van der Waals surface area contributed by atoms with E-state index in [2.05, 4.69) is 40.7 Å². The molecule has 4 N–H and O–H groups in total. The number of carbonyl (C=O) groups is 1. The Morgan fingerprint density at radius 3 is 2.73 bits per heavy atom. The molecule has 2 heterocycles. The maximum Gasteiger partial charge on any atom is 0.292 e. The van der Waals surface area contributed by atoms with E-state index in [1.54, 1.807) is 37.5 Å². The number of rotatable bonds is 7. The number of aromatic nitrogens is 5. The lowest BCUT2D eigenvalue weighted by Gasteiger charge is -2.10. The highest BCUT2D eigenvalue weighted by atomic mass is 35.5. The van der Waals surface area contributed by atoms with Gasteiger partial charge in [-0.1, -0.05) is 49.7 Å². The SMILES string of the molecule is CN/C=C\C(N)=Nc1ncnc(-c2ccc(CNC(=O)c3noc(C(C)(C)C)n3)c(Cl)c2)n1. The molecule has 0 bridgehead atoms. The minimum atomic E-state index is -0.459. The van der Waals surface area contributed by atoms with Crippen LogP contribution in [0.3, 0.4) is 0 Å². The predicted molar refractivity (Wildman–Crippen MR) is 124 cm³/mol. The second-order valence-electron chi connectivity index (χ2n) is 7.93. The first kappa shape index (κ1) is 23.8. The van der Waals surface area contributed by atoms with E-state index < -0.39 is 5.91 Å². The van der Waals surface area contributed by atoms with Gasteiger partial charge in [-0.25, -0.2) is 4.98 Å². The van der Waals surface area contributed by atoms with E-state index in [4.69, 9.17) is 21.9 Å². The molecule has 3 rings (SSSR count). The standard InChI is InChI=1S/C21H24ClN9O2/c1-21(2,3)19-29-17(31-33-19)18(32)25-10-13-6-5-12(9-14(13)22)16-26-11-27-20(30-16)28-15(23)7-8-24-4/h5-9,11,24H,10H2,1-4H3,(H,25,32)(H2,23,26,27,28,30)/b8-7-. The fourth-order valence-electron chi connectivity index (χ4n) is 2.51. The smallest absolute Gasteiger partial charge is 0.292 e. The molecule has 172 valence electrons. The molecule has 33 heavy (non-hydrogen) atoms. The van der Waals surface area contributed by atoms with Crippen LogP contribution in [0.5, 0.6) is 0 Å². The van der Waals surface area contributed by atoms with Gasteiger partial charge in [-0.05, 0) is 23.9 Å². The van der Waals surface area contributed by atoms with Crippen LogP contribution < -0.4 is 16.4 Å². The first-order chi connectivity index (χ1) is 15.7. The maximum absolute atomic E-state index is 12.4. The summed E-state index contributed by atoms with van der Waals surface area (Å²) in [5, 5.41) is 9.72. The molecule has 0 radical (unpaired) electrons. The van der Waals surface area contributed by atoms with Crippen molar-refractivity contribution in [3.8, 4) is 11.4 Å². The summed E-state index contributed by atoms with van der Waals surface area (Å²) in [6, 6.07) is 5.25. The summed E-state index contributed by atoms with van der Waals surface area (Å²) in [4.78, 5) is 33.1. The van der Waals surface area contributed by atoms with Crippen molar-refractivity contribution in [1.82, 2.24) is 35.7 Å². The Hall–Kier alpha value is -3.86. The third-order valence-corrected chi connectivity index (χ3v) is 4.58. The average molecular weight is 470 g/mol. The van der Waals surface area contributed by atoms with Gasteiger partial charge >= 0.3 is 0 Å². The number of aliphatic imine (C=N–C) groups is 1. The van der Waals surface area contributed by atoms with Gasteiger partial charge in [0.25, 0.3) is 17.7 Å². The minimum Gasteiger partial charge on any atom is -0.394 e. The average Bonchev–Trinajstić information content (AvgIpc) is 3.28. The van der Waals surface area contributed by atoms with Gasteiger partial charge in [0, 0.05) is 29.6 Å². The zero-order valence-electron chi connectivity index (χ0n) is 18.6. The van der Waals surface area contributed by atoms with Gasteiger partial charge < -0.3 is 20.9 Å². The Bertz CT molecular complexity index is 1200. The van der Waals surface area contributed by atoms with Crippen LogP contribution in [0.15, 0.2) is 46.3 Å². The number of amidine groups is 1. The monoisotopic (exact) mass is 469 g/mol. The lowest BCUT2D eigenvalue weighted by Crippen LogP contribution is -2.24. The first-order valence-electron chi connectivity index (χ1n) is 9.95. The lowest BCUT2D eigenvalue weighted by atomic mass is 9.97. The van der Waals surface area contributed by atoms with Crippen LogP contribution in [-0.4, -0.2) is 43.9 Å². The molecular weight excluding hydrogens is 446 g/mol. The van der Waals surface area contributed by atoms with Crippen molar-refractivity contribution in [2.24, 2.45) is 10.7 Å². The topological polar surface area (TPSA) is 157 Å². The van der Waals surface area contributed by atoms with E-state index in [1.807, 2.05) is 20.8 Å². The molecule has 3 aromatic rings. The zero-order chi connectivity index (χ0) is 24.0. The summed E-state index contributed by atoms with van der Waals surface area (Å²) in [7, 11) is 1.75. The number of benzene rings is 1. The Morgan fingerprint density at radius 2 is 2.06 bits per heavy atom. The molecule has 11 nitrogen and oxygen atoms in total. The Labute approximate surface area is 195 Å². The number of amides is 1. The molecule has 0 aliphatic carbocycles. The molecule has 1 amide bonds. The maximum atomic E-state index is 12.4. The summed E-state index contributed by atoms with van der Waals surface area (Å²) in [6.45, 7) is 5.93. The number of halogens is 1.